The van der Waals surface area contributed by atoms with E-state index < -0.39 is 0 Å². The van der Waals surface area contributed by atoms with Crippen molar-refractivity contribution in [2.75, 3.05) is 37.7 Å². The van der Waals surface area contributed by atoms with Crippen molar-refractivity contribution < 1.29 is 0 Å². The van der Waals surface area contributed by atoms with Crippen LogP contribution in [0.4, 0.5) is 0 Å². The van der Waals surface area contributed by atoms with Gasteiger partial charge in [0.15, 0.2) is 0 Å². The zero-order valence-corrected chi connectivity index (χ0v) is 9.98. The minimum atomic E-state index is 0.808. The third-order valence-electron chi connectivity index (χ3n) is 3.49. The first-order chi connectivity index (χ1) is 6.86. The Morgan fingerprint density at radius 2 is 2.43 bits per heavy atom. The van der Waals surface area contributed by atoms with Crippen molar-refractivity contribution in [1.29, 1.82) is 0 Å². The van der Waals surface area contributed by atoms with Crippen LogP contribution in [-0.2, 0) is 0 Å². The van der Waals surface area contributed by atoms with Crippen LogP contribution in [-0.4, -0.2) is 48.6 Å². The number of hydrogen-bond donors (Lipinski definition) is 1. The second kappa shape index (κ2) is 5.38. The van der Waals surface area contributed by atoms with Crippen molar-refractivity contribution in [2.24, 2.45) is 5.92 Å². The van der Waals surface area contributed by atoms with E-state index in [4.69, 9.17) is 0 Å². The summed E-state index contributed by atoms with van der Waals surface area (Å²) in [4.78, 5) is 2.68. The molecule has 0 aromatic carbocycles. The van der Waals surface area contributed by atoms with Crippen LogP contribution in [0.1, 0.15) is 19.8 Å². The summed E-state index contributed by atoms with van der Waals surface area (Å²) >= 11 is 2.11. The van der Waals surface area contributed by atoms with E-state index in [0.717, 1.165) is 12.0 Å². The molecule has 2 aliphatic rings. The van der Waals surface area contributed by atoms with Gasteiger partial charge in [-0.05, 0) is 45.3 Å². The second-order valence-electron chi connectivity index (χ2n) is 4.61. The Bertz CT molecular complexity index is 169. The molecule has 0 amide bonds. The summed E-state index contributed by atoms with van der Waals surface area (Å²) < 4.78 is 0. The Morgan fingerprint density at radius 3 is 3.14 bits per heavy atom. The fourth-order valence-electron chi connectivity index (χ4n) is 2.40. The van der Waals surface area contributed by atoms with Crippen molar-refractivity contribution in [3.63, 3.8) is 0 Å². The summed E-state index contributed by atoms with van der Waals surface area (Å²) in [5, 5.41) is 3.45. The SMILES string of the molecule is CC1CSCCN1CCC1CCNC1. The zero-order chi connectivity index (χ0) is 9.80. The standard InChI is InChI=1S/C11H22N2S/c1-10-9-14-7-6-13(10)5-3-11-2-4-12-8-11/h10-12H,2-9H2,1H3. The maximum Gasteiger partial charge on any atom is 0.0158 e. The highest BCUT2D eigenvalue weighted by Gasteiger charge is 2.20. The fourth-order valence-corrected chi connectivity index (χ4v) is 3.49. The Morgan fingerprint density at radius 1 is 1.50 bits per heavy atom. The molecule has 0 aliphatic carbocycles. The largest absolute Gasteiger partial charge is 0.316 e. The van der Waals surface area contributed by atoms with E-state index in [9.17, 15) is 0 Å². The molecule has 0 bridgehead atoms. The first-order valence-electron chi connectivity index (χ1n) is 5.89. The van der Waals surface area contributed by atoms with Crippen LogP contribution in [0.5, 0.6) is 0 Å². The van der Waals surface area contributed by atoms with Crippen LogP contribution in [0.2, 0.25) is 0 Å². The number of thioether (sulfide) groups is 1. The van der Waals surface area contributed by atoms with E-state index in [-0.39, 0.29) is 0 Å². The molecule has 14 heavy (non-hydrogen) atoms. The molecule has 2 aliphatic heterocycles. The van der Waals surface area contributed by atoms with E-state index >= 15 is 0 Å². The number of rotatable bonds is 3. The third kappa shape index (κ3) is 2.88. The van der Waals surface area contributed by atoms with Gasteiger partial charge in [-0.3, -0.25) is 4.90 Å². The molecule has 2 unspecified atom stereocenters. The first-order valence-corrected chi connectivity index (χ1v) is 7.04. The van der Waals surface area contributed by atoms with E-state index in [1.54, 1.807) is 0 Å². The molecule has 0 radical (unpaired) electrons. The topological polar surface area (TPSA) is 15.3 Å². The van der Waals surface area contributed by atoms with Crippen molar-refractivity contribution in [1.82, 2.24) is 10.2 Å². The molecule has 0 aromatic rings. The molecule has 0 saturated carbocycles. The molecule has 2 fully saturated rings. The maximum absolute atomic E-state index is 3.45. The molecule has 82 valence electrons. The summed E-state index contributed by atoms with van der Waals surface area (Å²) in [6.45, 7) is 7.52. The summed E-state index contributed by atoms with van der Waals surface area (Å²) in [7, 11) is 0. The van der Waals surface area contributed by atoms with Crippen LogP contribution >= 0.6 is 11.8 Å². The molecule has 2 heterocycles. The smallest absolute Gasteiger partial charge is 0.0158 e. The molecule has 3 heteroatoms. The summed E-state index contributed by atoms with van der Waals surface area (Å²) in [6, 6.07) is 0.808. The second-order valence-corrected chi connectivity index (χ2v) is 5.76. The van der Waals surface area contributed by atoms with Crippen molar-refractivity contribution in [3.05, 3.63) is 0 Å². The normalized spacial score (nSPS) is 34.9. The lowest BCUT2D eigenvalue weighted by atomic mass is 10.0. The van der Waals surface area contributed by atoms with Gasteiger partial charge in [-0.25, -0.2) is 0 Å². The Hall–Kier alpha value is 0.270. The lowest BCUT2D eigenvalue weighted by Crippen LogP contribution is -2.41. The zero-order valence-electron chi connectivity index (χ0n) is 9.17. The molecule has 2 rings (SSSR count). The molecular weight excluding hydrogens is 192 g/mol. The van der Waals surface area contributed by atoms with Crippen LogP contribution < -0.4 is 5.32 Å². The van der Waals surface area contributed by atoms with E-state index in [0.29, 0.717) is 0 Å². The summed E-state index contributed by atoms with van der Waals surface area (Å²) in [6.07, 6.45) is 2.80. The van der Waals surface area contributed by atoms with Gasteiger partial charge in [0.1, 0.15) is 0 Å². The van der Waals surface area contributed by atoms with Gasteiger partial charge in [-0.15, -0.1) is 0 Å². The average Bonchev–Trinajstić information content (AvgIpc) is 2.69. The molecule has 1 N–H and O–H groups in total. The van der Waals surface area contributed by atoms with Gasteiger partial charge in [0.2, 0.25) is 0 Å². The van der Waals surface area contributed by atoms with Gasteiger partial charge < -0.3 is 5.32 Å². The third-order valence-corrected chi connectivity index (χ3v) is 4.68. The van der Waals surface area contributed by atoms with E-state index in [1.807, 2.05) is 0 Å². The quantitative estimate of drug-likeness (QED) is 0.765. The van der Waals surface area contributed by atoms with Gasteiger partial charge in [0.05, 0.1) is 0 Å². The van der Waals surface area contributed by atoms with Crippen LogP contribution in [0, 0.1) is 5.92 Å². The predicted octanol–water partition coefficient (Wildman–Crippen LogP) is 1.42. The van der Waals surface area contributed by atoms with Crippen LogP contribution in [0.25, 0.3) is 0 Å². The Kier molecular flexibility index (Phi) is 4.14. The molecule has 0 spiro atoms. The lowest BCUT2D eigenvalue weighted by molar-refractivity contribution is 0.217. The minimum Gasteiger partial charge on any atom is -0.316 e. The molecule has 2 atom stereocenters. The lowest BCUT2D eigenvalue weighted by Gasteiger charge is -2.33. The number of nitrogens with one attached hydrogen (secondary N) is 1. The van der Waals surface area contributed by atoms with Gasteiger partial charge >= 0.3 is 0 Å². The highest BCUT2D eigenvalue weighted by atomic mass is 32.2. The summed E-state index contributed by atoms with van der Waals surface area (Å²) in [5.41, 5.74) is 0. The number of nitrogens with zero attached hydrogens (tertiary/aromatic N) is 1. The highest BCUT2D eigenvalue weighted by Crippen LogP contribution is 2.19. The van der Waals surface area contributed by atoms with Gasteiger partial charge in [0, 0.05) is 24.1 Å². The first kappa shape index (κ1) is 10.8. The minimum absolute atomic E-state index is 0.808. The van der Waals surface area contributed by atoms with Crippen LogP contribution in [0.15, 0.2) is 0 Å². The van der Waals surface area contributed by atoms with E-state index in [2.05, 4.69) is 28.9 Å². The Balaban J connectivity index is 1.67. The molecular formula is C11H22N2S. The van der Waals surface area contributed by atoms with Crippen molar-refractivity contribution in [3.8, 4) is 0 Å². The average molecular weight is 214 g/mol. The van der Waals surface area contributed by atoms with Crippen molar-refractivity contribution >= 4 is 11.8 Å². The monoisotopic (exact) mass is 214 g/mol. The van der Waals surface area contributed by atoms with Gasteiger partial charge in [-0.1, -0.05) is 0 Å². The summed E-state index contributed by atoms with van der Waals surface area (Å²) in [5.74, 6) is 3.63. The number of hydrogen-bond acceptors (Lipinski definition) is 3. The van der Waals surface area contributed by atoms with Crippen molar-refractivity contribution in [2.45, 2.75) is 25.8 Å². The van der Waals surface area contributed by atoms with E-state index in [1.165, 1.54) is 50.5 Å². The Labute approximate surface area is 91.8 Å². The fraction of sp³-hybridized carbons (Fsp3) is 1.00. The van der Waals surface area contributed by atoms with Gasteiger partial charge in [-0.2, -0.15) is 11.8 Å². The highest BCUT2D eigenvalue weighted by molar-refractivity contribution is 7.99. The predicted molar refractivity (Wildman–Crippen MR) is 64.0 cm³/mol. The van der Waals surface area contributed by atoms with Gasteiger partial charge in [0.25, 0.3) is 0 Å². The molecule has 0 aromatic heterocycles. The maximum atomic E-state index is 3.45. The molecule has 2 nitrogen and oxygen atoms in total. The molecule has 2 saturated heterocycles. The van der Waals surface area contributed by atoms with Crippen LogP contribution in [0.3, 0.4) is 0 Å².